The molecule has 2 rings (SSSR count). The van der Waals surface area contributed by atoms with Gasteiger partial charge in [0.05, 0.1) is 23.7 Å². The summed E-state index contributed by atoms with van der Waals surface area (Å²) in [4.78, 5) is 4.52. The van der Waals surface area contributed by atoms with E-state index < -0.39 is 6.10 Å². The molecule has 92 valence electrons. The first kappa shape index (κ1) is 12.4. The number of para-hydroxylation sites is 2. The molecule has 17 heavy (non-hydrogen) atoms. The van der Waals surface area contributed by atoms with Gasteiger partial charge in [-0.15, -0.1) is 0 Å². The summed E-state index contributed by atoms with van der Waals surface area (Å²) in [6.45, 7) is 2.71. The topological polar surface area (TPSA) is 58.3 Å². The molecule has 1 unspecified atom stereocenters. The fraction of sp³-hybridized carbons (Fsp3) is 0.417. The number of thioether (sulfide) groups is 1. The maximum Gasteiger partial charge on any atom is 0.169 e. The van der Waals surface area contributed by atoms with Crippen LogP contribution in [0.5, 0.6) is 0 Å². The molecule has 0 aliphatic heterocycles. The molecule has 0 saturated heterocycles. The molecule has 1 aromatic carbocycles. The van der Waals surface area contributed by atoms with E-state index in [-0.39, 0.29) is 6.61 Å². The second-order valence-corrected chi connectivity index (χ2v) is 4.76. The maximum atomic E-state index is 9.35. The van der Waals surface area contributed by atoms with E-state index in [1.165, 1.54) is 11.8 Å². The van der Waals surface area contributed by atoms with Crippen molar-refractivity contribution >= 4 is 22.8 Å². The van der Waals surface area contributed by atoms with Crippen LogP contribution >= 0.6 is 11.8 Å². The Hall–Kier alpha value is -1.04. The number of fused-ring (bicyclic) bond motifs is 1. The van der Waals surface area contributed by atoms with Crippen molar-refractivity contribution < 1.29 is 10.2 Å². The molecule has 0 aliphatic rings. The molecule has 0 spiro atoms. The number of aliphatic hydroxyl groups is 2. The molecule has 0 fully saturated rings. The van der Waals surface area contributed by atoms with Gasteiger partial charge in [0, 0.05) is 12.3 Å². The highest BCUT2D eigenvalue weighted by atomic mass is 32.2. The van der Waals surface area contributed by atoms with Crippen molar-refractivity contribution in [1.29, 1.82) is 0 Å². The fourth-order valence-corrected chi connectivity index (χ4v) is 2.69. The Morgan fingerprint density at radius 2 is 2.18 bits per heavy atom. The largest absolute Gasteiger partial charge is 0.394 e. The summed E-state index contributed by atoms with van der Waals surface area (Å²) in [5.74, 6) is 0.458. The molecule has 0 aliphatic carbocycles. The Bertz CT molecular complexity index is 498. The van der Waals surface area contributed by atoms with E-state index in [9.17, 15) is 5.11 Å². The summed E-state index contributed by atoms with van der Waals surface area (Å²) in [6.07, 6.45) is -0.690. The first-order valence-corrected chi connectivity index (χ1v) is 6.61. The number of aromatic nitrogens is 2. The summed E-state index contributed by atoms with van der Waals surface area (Å²) in [5.41, 5.74) is 2.08. The average Bonchev–Trinajstić information content (AvgIpc) is 2.73. The zero-order chi connectivity index (χ0) is 12.3. The highest BCUT2D eigenvalue weighted by Gasteiger charge is 2.11. The predicted octanol–water partition coefficient (Wildman–Crippen LogP) is 1.50. The molecule has 0 saturated carbocycles. The fourth-order valence-electron chi connectivity index (χ4n) is 1.69. The Morgan fingerprint density at radius 1 is 1.41 bits per heavy atom. The van der Waals surface area contributed by atoms with Crippen molar-refractivity contribution in [2.24, 2.45) is 0 Å². The number of imidazole rings is 1. The van der Waals surface area contributed by atoms with Crippen LogP contribution in [0.25, 0.3) is 11.0 Å². The summed E-state index contributed by atoms with van der Waals surface area (Å²) < 4.78 is 2.12. The number of nitrogens with zero attached hydrogens (tertiary/aromatic N) is 2. The Labute approximate surface area is 104 Å². The van der Waals surface area contributed by atoms with Gasteiger partial charge in [0.1, 0.15) is 0 Å². The van der Waals surface area contributed by atoms with E-state index in [0.717, 1.165) is 22.7 Å². The van der Waals surface area contributed by atoms with Crippen LogP contribution in [0.15, 0.2) is 29.4 Å². The zero-order valence-electron chi connectivity index (χ0n) is 9.71. The van der Waals surface area contributed by atoms with Gasteiger partial charge in [0.25, 0.3) is 0 Å². The third-order valence-corrected chi connectivity index (χ3v) is 3.67. The third-order valence-electron chi connectivity index (χ3n) is 2.55. The summed E-state index contributed by atoms with van der Waals surface area (Å²) in [5, 5.41) is 19.0. The van der Waals surface area contributed by atoms with Crippen LogP contribution in [0.1, 0.15) is 6.92 Å². The molecule has 5 heteroatoms. The molecule has 0 bridgehead atoms. The van der Waals surface area contributed by atoms with Crippen molar-refractivity contribution in [2.75, 3.05) is 12.4 Å². The first-order valence-electron chi connectivity index (χ1n) is 5.63. The van der Waals surface area contributed by atoms with Crippen LogP contribution in [0.4, 0.5) is 0 Å². The number of rotatable bonds is 5. The molecule has 1 heterocycles. The number of benzene rings is 1. The van der Waals surface area contributed by atoms with E-state index in [2.05, 4.69) is 16.5 Å². The van der Waals surface area contributed by atoms with E-state index in [1.807, 2.05) is 24.3 Å². The van der Waals surface area contributed by atoms with Gasteiger partial charge in [-0.1, -0.05) is 23.9 Å². The zero-order valence-corrected chi connectivity index (χ0v) is 10.5. The summed E-state index contributed by atoms with van der Waals surface area (Å²) in [6, 6.07) is 7.98. The van der Waals surface area contributed by atoms with Crippen molar-refractivity contribution in [3.8, 4) is 0 Å². The molecule has 2 N–H and O–H groups in total. The van der Waals surface area contributed by atoms with Gasteiger partial charge in [-0.25, -0.2) is 4.98 Å². The SMILES string of the molecule is CCn1c(SCC(O)CO)nc2ccccc21. The lowest BCUT2D eigenvalue weighted by molar-refractivity contribution is 0.113. The van der Waals surface area contributed by atoms with Gasteiger partial charge in [0.15, 0.2) is 5.16 Å². The second-order valence-electron chi connectivity index (χ2n) is 3.77. The molecule has 1 aromatic heterocycles. The van der Waals surface area contributed by atoms with Gasteiger partial charge in [-0.3, -0.25) is 0 Å². The van der Waals surface area contributed by atoms with Crippen LogP contribution in [0.3, 0.4) is 0 Å². The van der Waals surface area contributed by atoms with Gasteiger partial charge in [0.2, 0.25) is 0 Å². The van der Waals surface area contributed by atoms with Crippen LogP contribution < -0.4 is 0 Å². The van der Waals surface area contributed by atoms with Crippen LogP contribution in [0.2, 0.25) is 0 Å². The minimum atomic E-state index is -0.690. The van der Waals surface area contributed by atoms with Gasteiger partial charge in [-0.2, -0.15) is 0 Å². The summed E-state index contributed by atoms with van der Waals surface area (Å²) in [7, 11) is 0. The Kier molecular flexibility index (Phi) is 4.04. The van der Waals surface area contributed by atoms with Crippen LogP contribution in [-0.4, -0.2) is 38.2 Å². The highest BCUT2D eigenvalue weighted by molar-refractivity contribution is 7.99. The quantitative estimate of drug-likeness (QED) is 0.792. The number of aryl methyl sites for hydroxylation is 1. The van der Waals surface area contributed by atoms with Crippen molar-refractivity contribution in [3.05, 3.63) is 24.3 Å². The van der Waals surface area contributed by atoms with Crippen LogP contribution in [-0.2, 0) is 6.54 Å². The first-order chi connectivity index (χ1) is 8.26. The second kappa shape index (κ2) is 5.53. The number of hydrogen-bond donors (Lipinski definition) is 2. The Balaban J connectivity index is 2.27. The van der Waals surface area contributed by atoms with Crippen molar-refractivity contribution in [3.63, 3.8) is 0 Å². The lowest BCUT2D eigenvalue weighted by Crippen LogP contribution is -2.15. The number of hydrogen-bond acceptors (Lipinski definition) is 4. The maximum absolute atomic E-state index is 9.35. The molecule has 2 aromatic rings. The van der Waals surface area contributed by atoms with E-state index >= 15 is 0 Å². The highest BCUT2D eigenvalue weighted by Crippen LogP contribution is 2.24. The predicted molar refractivity (Wildman–Crippen MR) is 69.2 cm³/mol. The Morgan fingerprint density at radius 3 is 2.88 bits per heavy atom. The molecule has 4 nitrogen and oxygen atoms in total. The van der Waals surface area contributed by atoms with Gasteiger partial charge < -0.3 is 14.8 Å². The summed E-state index contributed by atoms with van der Waals surface area (Å²) >= 11 is 1.47. The minimum absolute atomic E-state index is 0.209. The van der Waals surface area contributed by atoms with E-state index in [4.69, 9.17) is 5.11 Å². The monoisotopic (exact) mass is 252 g/mol. The van der Waals surface area contributed by atoms with Crippen molar-refractivity contribution in [1.82, 2.24) is 9.55 Å². The molecule has 0 amide bonds. The minimum Gasteiger partial charge on any atom is -0.394 e. The van der Waals surface area contributed by atoms with E-state index in [0.29, 0.717) is 5.75 Å². The average molecular weight is 252 g/mol. The molecule has 0 radical (unpaired) electrons. The normalized spacial score (nSPS) is 13.1. The lowest BCUT2D eigenvalue weighted by Gasteiger charge is -2.07. The smallest absolute Gasteiger partial charge is 0.169 e. The third kappa shape index (κ3) is 2.62. The molecular weight excluding hydrogens is 236 g/mol. The van der Waals surface area contributed by atoms with E-state index in [1.54, 1.807) is 0 Å². The molecular formula is C12H16N2O2S. The van der Waals surface area contributed by atoms with Gasteiger partial charge >= 0.3 is 0 Å². The van der Waals surface area contributed by atoms with Crippen molar-refractivity contribution in [2.45, 2.75) is 24.7 Å². The lowest BCUT2D eigenvalue weighted by atomic mass is 10.3. The van der Waals surface area contributed by atoms with Gasteiger partial charge in [-0.05, 0) is 19.1 Å². The molecule has 1 atom stereocenters. The van der Waals surface area contributed by atoms with Crippen LogP contribution in [0, 0.1) is 0 Å². The number of aliphatic hydroxyl groups excluding tert-OH is 2. The standard InChI is InChI=1S/C12H16N2O2S/c1-2-14-11-6-4-3-5-10(11)13-12(14)17-8-9(16)7-15/h3-6,9,15-16H,2,7-8H2,1H3.